The molecule has 1 aromatic heterocycles. The summed E-state index contributed by atoms with van der Waals surface area (Å²) in [4.78, 5) is 8.63. The van der Waals surface area contributed by atoms with E-state index in [1.54, 1.807) is 6.07 Å². The molecule has 0 aliphatic rings. The molecule has 0 aromatic carbocycles. The van der Waals surface area contributed by atoms with Gasteiger partial charge >= 0.3 is 0 Å². The number of nitrogen functional groups attached to an aromatic ring is 1. The lowest BCUT2D eigenvalue weighted by Gasteiger charge is -2.12. The molecule has 0 saturated heterocycles. The van der Waals surface area contributed by atoms with Crippen molar-refractivity contribution in [1.29, 1.82) is 5.41 Å². The van der Waals surface area contributed by atoms with Crippen molar-refractivity contribution in [3.8, 4) is 0 Å². The zero-order valence-electron chi connectivity index (χ0n) is 11.6. The third-order valence-electron chi connectivity index (χ3n) is 2.70. The normalized spacial score (nSPS) is 12.7. The van der Waals surface area contributed by atoms with Crippen LogP contribution < -0.4 is 11.1 Å². The lowest BCUT2D eigenvalue weighted by Crippen LogP contribution is -2.25. The number of hydrogen-bond acceptors (Lipinski definition) is 5. The highest BCUT2D eigenvalue weighted by Crippen LogP contribution is 2.10. The van der Waals surface area contributed by atoms with E-state index in [0.29, 0.717) is 29.6 Å². The van der Waals surface area contributed by atoms with Crippen LogP contribution in [0.5, 0.6) is 0 Å². The van der Waals surface area contributed by atoms with Crippen LogP contribution in [0.4, 0.5) is 5.82 Å². The van der Waals surface area contributed by atoms with E-state index in [4.69, 9.17) is 11.1 Å². The first-order valence-corrected chi connectivity index (χ1v) is 6.30. The minimum absolute atomic E-state index is 0.252. The second-order valence-electron chi connectivity index (χ2n) is 5.06. The predicted molar refractivity (Wildman–Crippen MR) is 75.0 cm³/mol. The first-order chi connectivity index (χ1) is 8.42. The summed E-state index contributed by atoms with van der Waals surface area (Å²) in [5.41, 5.74) is 6.91. The van der Waals surface area contributed by atoms with Gasteiger partial charge in [-0.1, -0.05) is 13.8 Å². The monoisotopic (exact) mass is 249 g/mol. The molecule has 0 aliphatic heterocycles. The molecule has 4 N–H and O–H groups in total. The van der Waals surface area contributed by atoms with Gasteiger partial charge in [0.25, 0.3) is 0 Å². The van der Waals surface area contributed by atoms with Gasteiger partial charge in [0.2, 0.25) is 0 Å². The lowest BCUT2D eigenvalue weighted by atomic mass is 10.1. The van der Waals surface area contributed by atoms with Crippen LogP contribution in [-0.2, 0) is 6.42 Å². The average Bonchev–Trinajstić information content (AvgIpc) is 2.26. The Morgan fingerprint density at radius 2 is 2.06 bits per heavy atom. The predicted octanol–water partition coefficient (Wildman–Crippen LogP) is 1.62. The molecule has 0 spiro atoms. The SMILES string of the molecule is CN[C@H](C)CC(=N)c1cc(N)nc(CC(C)C)n1. The van der Waals surface area contributed by atoms with Crippen molar-refractivity contribution in [2.75, 3.05) is 12.8 Å². The highest BCUT2D eigenvalue weighted by Gasteiger charge is 2.11. The van der Waals surface area contributed by atoms with Gasteiger partial charge in [0.1, 0.15) is 11.6 Å². The fraction of sp³-hybridized carbons (Fsp3) is 0.615. The lowest BCUT2D eigenvalue weighted by molar-refractivity contribution is 0.618. The van der Waals surface area contributed by atoms with Crippen LogP contribution in [0.15, 0.2) is 6.07 Å². The third kappa shape index (κ3) is 4.41. The Morgan fingerprint density at radius 1 is 1.39 bits per heavy atom. The van der Waals surface area contributed by atoms with Crippen LogP contribution in [-0.4, -0.2) is 28.8 Å². The van der Waals surface area contributed by atoms with E-state index in [0.717, 1.165) is 12.2 Å². The molecule has 0 amide bonds. The molecule has 1 heterocycles. The molecular formula is C13H23N5. The van der Waals surface area contributed by atoms with Crippen molar-refractivity contribution < 1.29 is 0 Å². The number of nitrogens with one attached hydrogen (secondary N) is 2. The summed E-state index contributed by atoms with van der Waals surface area (Å²) in [5.74, 6) is 1.64. The number of rotatable bonds is 6. The quantitative estimate of drug-likeness (QED) is 0.669. The minimum atomic E-state index is 0.252. The molecule has 0 radical (unpaired) electrons. The summed E-state index contributed by atoms with van der Waals surface area (Å²) >= 11 is 0. The largest absolute Gasteiger partial charge is 0.384 e. The molecule has 5 heteroatoms. The van der Waals surface area contributed by atoms with Crippen molar-refractivity contribution in [2.45, 2.75) is 39.7 Å². The molecular weight excluding hydrogens is 226 g/mol. The van der Waals surface area contributed by atoms with Gasteiger partial charge in [-0.3, -0.25) is 0 Å². The summed E-state index contributed by atoms with van der Waals surface area (Å²) in [6.45, 7) is 6.26. The maximum Gasteiger partial charge on any atom is 0.131 e. The van der Waals surface area contributed by atoms with E-state index in [9.17, 15) is 0 Å². The summed E-state index contributed by atoms with van der Waals surface area (Å²) in [5, 5.41) is 11.2. The Balaban J connectivity index is 2.88. The maximum atomic E-state index is 8.05. The second kappa shape index (κ2) is 6.44. The summed E-state index contributed by atoms with van der Waals surface area (Å²) in [7, 11) is 1.89. The second-order valence-corrected chi connectivity index (χ2v) is 5.06. The Labute approximate surface area is 109 Å². The number of nitrogens with zero attached hydrogens (tertiary/aromatic N) is 2. The van der Waals surface area contributed by atoms with Crippen molar-refractivity contribution in [3.63, 3.8) is 0 Å². The number of aromatic nitrogens is 2. The Hall–Kier alpha value is -1.49. The van der Waals surface area contributed by atoms with Gasteiger partial charge in [0.05, 0.1) is 11.4 Å². The Kier molecular flexibility index (Phi) is 5.22. The van der Waals surface area contributed by atoms with Crippen molar-refractivity contribution in [3.05, 3.63) is 17.6 Å². The average molecular weight is 249 g/mol. The van der Waals surface area contributed by atoms with Gasteiger partial charge in [-0.2, -0.15) is 0 Å². The van der Waals surface area contributed by atoms with Gasteiger partial charge < -0.3 is 16.5 Å². The van der Waals surface area contributed by atoms with E-state index < -0.39 is 0 Å². The van der Waals surface area contributed by atoms with Crippen LogP contribution in [0.2, 0.25) is 0 Å². The summed E-state index contributed by atoms with van der Waals surface area (Å²) < 4.78 is 0. The fourth-order valence-electron chi connectivity index (χ4n) is 1.64. The molecule has 5 nitrogen and oxygen atoms in total. The zero-order chi connectivity index (χ0) is 13.7. The van der Waals surface area contributed by atoms with Crippen LogP contribution in [0, 0.1) is 11.3 Å². The standard InChI is InChI=1S/C13H23N5/c1-8(2)5-13-17-11(7-12(15)18-13)10(14)6-9(3)16-4/h7-9,14,16H,5-6H2,1-4H3,(H2,15,17,18)/t9-/m1/s1. The topological polar surface area (TPSA) is 87.7 Å². The van der Waals surface area contributed by atoms with Gasteiger partial charge in [0.15, 0.2) is 0 Å². The molecule has 1 aromatic rings. The van der Waals surface area contributed by atoms with Crippen LogP contribution >= 0.6 is 0 Å². The van der Waals surface area contributed by atoms with Gasteiger partial charge in [-0.25, -0.2) is 9.97 Å². The first kappa shape index (κ1) is 14.6. The van der Waals surface area contributed by atoms with Crippen LogP contribution in [0.25, 0.3) is 0 Å². The smallest absolute Gasteiger partial charge is 0.131 e. The van der Waals surface area contributed by atoms with Gasteiger partial charge in [-0.05, 0) is 19.9 Å². The van der Waals surface area contributed by atoms with Gasteiger partial charge in [-0.15, -0.1) is 0 Å². The number of hydrogen-bond donors (Lipinski definition) is 3. The van der Waals surface area contributed by atoms with Crippen LogP contribution in [0.1, 0.15) is 38.7 Å². The number of nitrogens with two attached hydrogens (primary N) is 1. The molecule has 1 atom stereocenters. The van der Waals surface area contributed by atoms with E-state index in [-0.39, 0.29) is 6.04 Å². The zero-order valence-corrected chi connectivity index (χ0v) is 11.6. The minimum Gasteiger partial charge on any atom is -0.384 e. The molecule has 100 valence electrons. The number of anilines is 1. The maximum absolute atomic E-state index is 8.05. The summed E-state index contributed by atoms with van der Waals surface area (Å²) in [6.07, 6.45) is 1.42. The molecule has 18 heavy (non-hydrogen) atoms. The molecule has 1 rings (SSSR count). The van der Waals surface area contributed by atoms with E-state index in [2.05, 4.69) is 29.1 Å². The Bertz CT molecular complexity index is 414. The molecule has 0 bridgehead atoms. The van der Waals surface area contributed by atoms with E-state index >= 15 is 0 Å². The van der Waals surface area contributed by atoms with E-state index in [1.807, 2.05) is 14.0 Å². The van der Waals surface area contributed by atoms with Gasteiger partial charge in [0, 0.05) is 24.9 Å². The molecule has 0 fully saturated rings. The van der Waals surface area contributed by atoms with Crippen molar-refractivity contribution in [2.24, 2.45) is 5.92 Å². The molecule has 0 aliphatic carbocycles. The van der Waals surface area contributed by atoms with Crippen molar-refractivity contribution in [1.82, 2.24) is 15.3 Å². The highest BCUT2D eigenvalue weighted by molar-refractivity contribution is 5.97. The summed E-state index contributed by atoms with van der Waals surface area (Å²) in [6, 6.07) is 1.93. The van der Waals surface area contributed by atoms with Crippen molar-refractivity contribution >= 4 is 11.5 Å². The fourth-order valence-corrected chi connectivity index (χ4v) is 1.64. The highest BCUT2D eigenvalue weighted by atomic mass is 15.0. The Morgan fingerprint density at radius 3 is 2.61 bits per heavy atom. The third-order valence-corrected chi connectivity index (χ3v) is 2.70. The molecule has 0 unspecified atom stereocenters. The van der Waals surface area contributed by atoms with E-state index in [1.165, 1.54) is 0 Å². The van der Waals surface area contributed by atoms with Crippen LogP contribution in [0.3, 0.4) is 0 Å². The first-order valence-electron chi connectivity index (χ1n) is 6.30. The molecule has 0 saturated carbocycles.